The molecular weight excluding hydrogens is 186 g/mol. The zero-order valence-corrected chi connectivity index (χ0v) is 7.38. The molecule has 0 aliphatic rings. The molecule has 0 aromatic heterocycles. The Morgan fingerprint density at radius 3 is 2.57 bits per heavy atom. The van der Waals surface area contributed by atoms with Gasteiger partial charge in [0.1, 0.15) is 6.04 Å². The van der Waals surface area contributed by atoms with E-state index in [2.05, 4.69) is 4.99 Å². The van der Waals surface area contributed by atoms with Crippen LogP contribution in [-0.2, 0) is 16.2 Å². The highest BCUT2D eigenvalue weighted by Crippen LogP contribution is 2.03. The van der Waals surface area contributed by atoms with E-state index in [0.717, 1.165) is 5.56 Å². The average molecular weight is 197 g/mol. The minimum absolute atomic E-state index is 0.247. The lowest BCUT2D eigenvalue weighted by atomic mass is 10.1. The maximum Gasteiger partial charge on any atom is 0.323 e. The van der Waals surface area contributed by atoms with Gasteiger partial charge in [0.25, 0.3) is 0 Å². The van der Waals surface area contributed by atoms with E-state index in [9.17, 15) is 4.79 Å². The second-order valence-corrected chi connectivity index (χ2v) is 2.79. The Balaban J connectivity index is 2.60. The second-order valence-electron chi connectivity index (χ2n) is 2.79. The van der Waals surface area contributed by atoms with Crippen LogP contribution in [0, 0.1) is 0 Å². The topological polar surface area (TPSA) is 78.8 Å². The summed E-state index contributed by atoms with van der Waals surface area (Å²) in [5.74, 6) is -1.08. The van der Waals surface area contributed by atoms with Gasteiger partial charge in [0.05, 0.1) is 0 Å². The normalized spacial score (nSPS) is 12.4. The molecule has 0 aliphatic heterocycles. The number of nitrogens with one attached hydrogen (secondary N) is 1. The van der Waals surface area contributed by atoms with Crippen molar-refractivity contribution in [2.45, 2.75) is 12.5 Å². The Morgan fingerprint density at radius 1 is 1.43 bits per heavy atom. The smallest absolute Gasteiger partial charge is 0.323 e. The van der Waals surface area contributed by atoms with Crippen LogP contribution in [0.3, 0.4) is 0 Å². The first-order valence-electron chi connectivity index (χ1n) is 4.06. The number of hydrogen-bond donors (Lipinski definition) is 3. The SMILES string of the molecule is O=C(O)[C@H](Cc1ccccc1)NOO. The van der Waals surface area contributed by atoms with E-state index in [0.29, 0.717) is 0 Å². The zero-order chi connectivity index (χ0) is 10.4. The minimum Gasteiger partial charge on any atom is -0.480 e. The largest absolute Gasteiger partial charge is 0.480 e. The van der Waals surface area contributed by atoms with Crippen molar-refractivity contribution in [1.29, 1.82) is 0 Å². The number of carbonyl (C=O) groups is 1. The summed E-state index contributed by atoms with van der Waals surface area (Å²) in [5.41, 5.74) is 2.84. The fraction of sp³-hybridized carbons (Fsp3) is 0.222. The molecule has 0 saturated heterocycles. The number of hydrogen-bond acceptors (Lipinski definition) is 4. The van der Waals surface area contributed by atoms with Crippen LogP contribution >= 0.6 is 0 Å². The van der Waals surface area contributed by atoms with Crippen molar-refractivity contribution in [1.82, 2.24) is 5.48 Å². The first-order valence-corrected chi connectivity index (χ1v) is 4.06. The first kappa shape index (κ1) is 10.6. The lowest BCUT2D eigenvalue weighted by molar-refractivity contribution is -0.298. The van der Waals surface area contributed by atoms with Gasteiger partial charge in [-0.05, 0) is 5.56 Å². The van der Waals surface area contributed by atoms with E-state index < -0.39 is 12.0 Å². The van der Waals surface area contributed by atoms with Gasteiger partial charge in [-0.3, -0.25) is 4.79 Å². The lowest BCUT2D eigenvalue weighted by Gasteiger charge is -2.10. The van der Waals surface area contributed by atoms with E-state index in [1.54, 1.807) is 12.1 Å². The van der Waals surface area contributed by atoms with Crippen LogP contribution in [-0.4, -0.2) is 22.4 Å². The molecule has 1 aromatic rings. The Labute approximate surface area is 80.8 Å². The first-order chi connectivity index (χ1) is 6.74. The molecule has 0 spiro atoms. The van der Waals surface area contributed by atoms with Crippen LogP contribution in [0.25, 0.3) is 0 Å². The molecule has 0 radical (unpaired) electrons. The summed E-state index contributed by atoms with van der Waals surface area (Å²) in [5, 5.41) is 16.8. The molecule has 0 unspecified atom stereocenters. The summed E-state index contributed by atoms with van der Waals surface area (Å²) < 4.78 is 0. The van der Waals surface area contributed by atoms with Crippen LogP contribution < -0.4 is 5.48 Å². The van der Waals surface area contributed by atoms with Crippen LogP contribution in [0.4, 0.5) is 0 Å². The van der Waals surface area contributed by atoms with E-state index in [1.807, 2.05) is 23.7 Å². The average Bonchev–Trinajstić information content (AvgIpc) is 2.18. The molecule has 3 N–H and O–H groups in total. The lowest BCUT2D eigenvalue weighted by Crippen LogP contribution is -2.37. The van der Waals surface area contributed by atoms with Gasteiger partial charge in [0.2, 0.25) is 0 Å². The molecule has 0 fully saturated rings. The van der Waals surface area contributed by atoms with Crippen LogP contribution in [0.15, 0.2) is 30.3 Å². The summed E-state index contributed by atoms with van der Waals surface area (Å²) >= 11 is 0. The number of carboxylic acid groups (broad SMARTS) is 1. The van der Waals surface area contributed by atoms with Gasteiger partial charge >= 0.3 is 5.97 Å². The predicted octanol–water partition coefficient (Wildman–Crippen LogP) is 0.676. The number of carboxylic acids is 1. The summed E-state index contributed by atoms with van der Waals surface area (Å²) in [7, 11) is 0. The van der Waals surface area contributed by atoms with Crippen molar-refractivity contribution < 1.29 is 20.1 Å². The standard InChI is InChI=1S/C9H11NO4/c11-9(12)8(10-14-13)6-7-4-2-1-3-5-7/h1-5,8,10,13H,6H2,(H,11,12)/t8-/m0/s1. The van der Waals surface area contributed by atoms with E-state index in [-0.39, 0.29) is 6.42 Å². The van der Waals surface area contributed by atoms with Crippen molar-refractivity contribution >= 4 is 5.97 Å². The van der Waals surface area contributed by atoms with Gasteiger partial charge in [-0.2, -0.15) is 5.48 Å². The van der Waals surface area contributed by atoms with Crippen LogP contribution in [0.1, 0.15) is 5.56 Å². The molecule has 14 heavy (non-hydrogen) atoms. The summed E-state index contributed by atoms with van der Waals surface area (Å²) in [6.07, 6.45) is 0.247. The highest BCUT2D eigenvalue weighted by atomic mass is 17.2. The highest BCUT2D eigenvalue weighted by Gasteiger charge is 2.17. The molecular formula is C9H11NO4. The fourth-order valence-electron chi connectivity index (χ4n) is 1.09. The molecule has 76 valence electrons. The summed E-state index contributed by atoms with van der Waals surface area (Å²) in [6, 6.07) is 8.11. The zero-order valence-electron chi connectivity index (χ0n) is 7.38. The summed E-state index contributed by atoms with van der Waals surface area (Å²) in [6.45, 7) is 0. The third-order valence-electron chi connectivity index (χ3n) is 1.78. The Hall–Kier alpha value is -1.43. The fourth-order valence-corrected chi connectivity index (χ4v) is 1.09. The number of hydroxylamine groups is 1. The molecule has 0 amide bonds. The molecule has 0 aliphatic carbocycles. The van der Waals surface area contributed by atoms with Crippen molar-refractivity contribution in [2.75, 3.05) is 0 Å². The minimum atomic E-state index is -1.08. The van der Waals surface area contributed by atoms with Gasteiger partial charge in [0, 0.05) is 6.42 Å². The molecule has 0 saturated carbocycles. The number of benzene rings is 1. The number of aliphatic carboxylic acids is 1. The Bertz CT molecular complexity index is 288. The van der Waals surface area contributed by atoms with Gasteiger partial charge in [0.15, 0.2) is 0 Å². The predicted molar refractivity (Wildman–Crippen MR) is 48.4 cm³/mol. The molecule has 1 rings (SSSR count). The maximum absolute atomic E-state index is 10.6. The third kappa shape index (κ3) is 3.14. The van der Waals surface area contributed by atoms with Crippen molar-refractivity contribution in [3.63, 3.8) is 0 Å². The molecule has 5 heteroatoms. The Morgan fingerprint density at radius 2 is 2.07 bits per heavy atom. The van der Waals surface area contributed by atoms with Crippen molar-refractivity contribution in [3.05, 3.63) is 35.9 Å². The Kier molecular flexibility index (Phi) is 4.06. The quantitative estimate of drug-likeness (QED) is 0.477. The third-order valence-corrected chi connectivity index (χ3v) is 1.78. The molecule has 1 aromatic carbocycles. The molecule has 5 nitrogen and oxygen atoms in total. The van der Waals surface area contributed by atoms with E-state index in [1.165, 1.54) is 0 Å². The van der Waals surface area contributed by atoms with Crippen molar-refractivity contribution in [3.8, 4) is 0 Å². The monoisotopic (exact) mass is 197 g/mol. The van der Waals surface area contributed by atoms with Crippen LogP contribution in [0.5, 0.6) is 0 Å². The number of rotatable bonds is 5. The van der Waals surface area contributed by atoms with Gasteiger partial charge < -0.3 is 5.11 Å². The van der Waals surface area contributed by atoms with E-state index >= 15 is 0 Å². The maximum atomic E-state index is 10.6. The van der Waals surface area contributed by atoms with Crippen molar-refractivity contribution in [2.24, 2.45) is 0 Å². The second kappa shape index (κ2) is 5.33. The molecule has 1 atom stereocenters. The van der Waals surface area contributed by atoms with Crippen LogP contribution in [0.2, 0.25) is 0 Å². The van der Waals surface area contributed by atoms with Gasteiger partial charge in [-0.25, -0.2) is 5.26 Å². The summed E-state index contributed by atoms with van der Waals surface area (Å²) in [4.78, 5) is 14.2. The van der Waals surface area contributed by atoms with Gasteiger partial charge in [-0.15, -0.1) is 4.99 Å². The van der Waals surface area contributed by atoms with E-state index in [4.69, 9.17) is 10.4 Å². The molecule has 0 heterocycles. The highest BCUT2D eigenvalue weighted by molar-refractivity contribution is 5.73. The molecule has 0 bridgehead atoms. The van der Waals surface area contributed by atoms with Gasteiger partial charge in [-0.1, -0.05) is 30.3 Å².